The molecular formula is C9H4Cl2F3NO3. The number of carboxylic acid groups (broad SMARTS) is 1. The molecule has 9 heteroatoms. The first-order valence-corrected chi connectivity index (χ1v) is 4.99. The molecule has 0 saturated heterocycles. The molecule has 0 aliphatic rings. The molecule has 2 N–H and O–H groups in total. The monoisotopic (exact) mass is 301 g/mol. The Kier molecular flexibility index (Phi) is 4.08. The van der Waals surface area contributed by atoms with E-state index < -0.39 is 34.3 Å². The number of hydrogen-bond acceptors (Lipinski definition) is 2. The van der Waals surface area contributed by atoms with E-state index in [9.17, 15) is 22.8 Å². The predicted octanol–water partition coefficient (Wildman–Crippen LogP) is 3.19. The fraction of sp³-hybridized carbons (Fsp3) is 0.111. The molecule has 0 heterocycles. The maximum atomic E-state index is 12.0. The lowest BCUT2D eigenvalue weighted by Gasteiger charge is -2.12. The van der Waals surface area contributed by atoms with Gasteiger partial charge in [-0.3, -0.25) is 4.79 Å². The van der Waals surface area contributed by atoms with Crippen LogP contribution < -0.4 is 5.32 Å². The minimum absolute atomic E-state index is 0.0811. The lowest BCUT2D eigenvalue weighted by molar-refractivity contribution is -0.167. The number of carbonyl (C=O) groups is 2. The molecule has 4 nitrogen and oxygen atoms in total. The molecule has 0 radical (unpaired) electrons. The van der Waals surface area contributed by atoms with Crippen molar-refractivity contribution in [3.8, 4) is 0 Å². The third-order valence-electron chi connectivity index (χ3n) is 1.78. The number of amides is 1. The van der Waals surface area contributed by atoms with Crippen molar-refractivity contribution in [1.29, 1.82) is 0 Å². The normalized spacial score (nSPS) is 11.2. The largest absolute Gasteiger partial charge is 0.478 e. The van der Waals surface area contributed by atoms with Crippen molar-refractivity contribution in [2.45, 2.75) is 6.18 Å². The molecule has 0 unspecified atom stereocenters. The predicted molar refractivity (Wildman–Crippen MR) is 58.1 cm³/mol. The van der Waals surface area contributed by atoms with Crippen LogP contribution in [0.4, 0.5) is 18.9 Å². The topological polar surface area (TPSA) is 66.4 Å². The van der Waals surface area contributed by atoms with Crippen LogP contribution in [0.15, 0.2) is 12.1 Å². The van der Waals surface area contributed by atoms with Gasteiger partial charge in [0.1, 0.15) is 0 Å². The average molecular weight is 302 g/mol. The maximum Gasteiger partial charge on any atom is 0.471 e. The molecule has 0 saturated carbocycles. The summed E-state index contributed by atoms with van der Waals surface area (Å²) in [5, 5.41) is 9.69. The number of halogens is 5. The molecule has 0 fully saturated rings. The number of hydrogen-bond donors (Lipinski definition) is 2. The molecule has 1 rings (SSSR count). The second-order valence-corrected chi connectivity index (χ2v) is 3.91. The number of rotatable bonds is 2. The Labute approximate surface area is 108 Å². The SMILES string of the molecule is O=C(O)c1cc(Cl)cc(Cl)c1NC(=O)C(F)(F)F. The van der Waals surface area contributed by atoms with Gasteiger partial charge in [0, 0.05) is 5.02 Å². The molecule has 0 atom stereocenters. The summed E-state index contributed by atoms with van der Waals surface area (Å²) in [5.41, 5.74) is -1.29. The molecule has 0 aromatic heterocycles. The van der Waals surface area contributed by atoms with Crippen molar-refractivity contribution in [2.75, 3.05) is 5.32 Å². The van der Waals surface area contributed by atoms with Crippen LogP contribution in [0.2, 0.25) is 10.0 Å². The van der Waals surface area contributed by atoms with Crippen LogP contribution in [0.3, 0.4) is 0 Å². The van der Waals surface area contributed by atoms with E-state index in [1.807, 2.05) is 0 Å². The zero-order valence-electron chi connectivity index (χ0n) is 8.31. The number of nitrogens with one attached hydrogen (secondary N) is 1. The van der Waals surface area contributed by atoms with Crippen LogP contribution in [0.5, 0.6) is 0 Å². The summed E-state index contributed by atoms with van der Waals surface area (Å²) in [5.74, 6) is -3.90. The minimum Gasteiger partial charge on any atom is -0.478 e. The van der Waals surface area contributed by atoms with Gasteiger partial charge in [-0.15, -0.1) is 0 Å². The molecule has 0 bridgehead atoms. The summed E-state index contributed by atoms with van der Waals surface area (Å²) in [6.45, 7) is 0. The summed E-state index contributed by atoms with van der Waals surface area (Å²) in [7, 11) is 0. The van der Waals surface area contributed by atoms with Gasteiger partial charge in [0.2, 0.25) is 0 Å². The number of anilines is 1. The van der Waals surface area contributed by atoms with Gasteiger partial charge in [0.05, 0.1) is 16.3 Å². The van der Waals surface area contributed by atoms with E-state index in [1.165, 1.54) is 5.32 Å². The van der Waals surface area contributed by atoms with Crippen molar-refractivity contribution in [3.63, 3.8) is 0 Å². The molecule has 18 heavy (non-hydrogen) atoms. The van der Waals surface area contributed by atoms with Crippen LogP contribution in [0.25, 0.3) is 0 Å². The van der Waals surface area contributed by atoms with Gasteiger partial charge >= 0.3 is 18.1 Å². The third-order valence-corrected chi connectivity index (χ3v) is 2.30. The van der Waals surface area contributed by atoms with E-state index in [0.717, 1.165) is 12.1 Å². The van der Waals surface area contributed by atoms with E-state index >= 15 is 0 Å². The van der Waals surface area contributed by atoms with Gasteiger partial charge in [-0.05, 0) is 12.1 Å². The Morgan fingerprint density at radius 3 is 2.22 bits per heavy atom. The van der Waals surface area contributed by atoms with E-state index in [-0.39, 0.29) is 5.02 Å². The fourth-order valence-corrected chi connectivity index (χ4v) is 1.59. The van der Waals surface area contributed by atoms with Crippen molar-refractivity contribution >= 4 is 40.8 Å². The van der Waals surface area contributed by atoms with Gasteiger partial charge in [0.15, 0.2) is 0 Å². The Morgan fingerprint density at radius 2 is 1.78 bits per heavy atom. The Balaban J connectivity index is 3.24. The molecule has 0 spiro atoms. The molecule has 1 aromatic rings. The fourth-order valence-electron chi connectivity index (χ4n) is 1.05. The lowest BCUT2D eigenvalue weighted by atomic mass is 10.1. The molecule has 1 amide bonds. The van der Waals surface area contributed by atoms with Crippen LogP contribution in [-0.4, -0.2) is 23.2 Å². The number of alkyl halides is 3. The zero-order valence-corrected chi connectivity index (χ0v) is 9.82. The Bertz CT molecular complexity index is 517. The summed E-state index contributed by atoms with van der Waals surface area (Å²) in [4.78, 5) is 21.5. The number of benzene rings is 1. The van der Waals surface area contributed by atoms with E-state index in [0.29, 0.717) is 0 Å². The van der Waals surface area contributed by atoms with Crippen LogP contribution >= 0.6 is 23.2 Å². The molecule has 0 aliphatic carbocycles. The highest BCUT2D eigenvalue weighted by atomic mass is 35.5. The zero-order chi connectivity index (χ0) is 14.1. The van der Waals surface area contributed by atoms with Crippen molar-refractivity contribution in [2.24, 2.45) is 0 Å². The van der Waals surface area contributed by atoms with E-state index in [2.05, 4.69) is 0 Å². The highest BCUT2D eigenvalue weighted by molar-refractivity contribution is 6.37. The van der Waals surface area contributed by atoms with Gasteiger partial charge in [0.25, 0.3) is 0 Å². The van der Waals surface area contributed by atoms with Crippen molar-refractivity contribution < 1.29 is 27.9 Å². The van der Waals surface area contributed by atoms with Gasteiger partial charge in [-0.25, -0.2) is 4.79 Å². The van der Waals surface area contributed by atoms with Crippen LogP contribution in [0, 0.1) is 0 Å². The highest BCUT2D eigenvalue weighted by Gasteiger charge is 2.39. The first kappa shape index (κ1) is 14.6. The Hall–Kier alpha value is -1.47. The van der Waals surface area contributed by atoms with Gasteiger partial charge < -0.3 is 10.4 Å². The molecule has 1 aromatic carbocycles. The van der Waals surface area contributed by atoms with Crippen molar-refractivity contribution in [1.82, 2.24) is 0 Å². The second kappa shape index (κ2) is 5.03. The molecule has 0 aliphatic heterocycles. The average Bonchev–Trinajstić information content (AvgIpc) is 2.19. The first-order valence-electron chi connectivity index (χ1n) is 4.23. The summed E-state index contributed by atoms with van der Waals surface area (Å²) < 4.78 is 36.1. The summed E-state index contributed by atoms with van der Waals surface area (Å²) >= 11 is 11.1. The van der Waals surface area contributed by atoms with E-state index in [1.54, 1.807) is 0 Å². The quantitative estimate of drug-likeness (QED) is 0.881. The maximum absolute atomic E-state index is 12.0. The van der Waals surface area contributed by atoms with Crippen LogP contribution in [0.1, 0.15) is 10.4 Å². The van der Waals surface area contributed by atoms with Crippen molar-refractivity contribution in [3.05, 3.63) is 27.7 Å². The van der Waals surface area contributed by atoms with Gasteiger partial charge in [-0.1, -0.05) is 23.2 Å². The lowest BCUT2D eigenvalue weighted by Crippen LogP contribution is -2.30. The minimum atomic E-state index is -5.15. The third kappa shape index (κ3) is 3.27. The summed E-state index contributed by atoms with van der Waals surface area (Å²) in [6, 6.07) is 1.89. The highest BCUT2D eigenvalue weighted by Crippen LogP contribution is 2.31. The Morgan fingerprint density at radius 1 is 1.22 bits per heavy atom. The van der Waals surface area contributed by atoms with Gasteiger partial charge in [-0.2, -0.15) is 13.2 Å². The number of carboxylic acids is 1. The second-order valence-electron chi connectivity index (χ2n) is 3.07. The number of carbonyl (C=O) groups excluding carboxylic acids is 1. The smallest absolute Gasteiger partial charge is 0.471 e. The molecule has 98 valence electrons. The van der Waals surface area contributed by atoms with Crippen LogP contribution in [-0.2, 0) is 4.79 Å². The summed E-state index contributed by atoms with van der Waals surface area (Å²) in [6.07, 6.45) is -5.15. The number of aromatic carboxylic acids is 1. The first-order chi connectivity index (χ1) is 8.12. The molecular weight excluding hydrogens is 298 g/mol. The van der Waals surface area contributed by atoms with E-state index in [4.69, 9.17) is 28.3 Å². The standard InChI is InChI=1S/C9H4Cl2F3NO3/c10-3-1-4(7(16)17)6(5(11)2-3)15-8(18)9(12,13)14/h1-2H,(H,15,18)(H,16,17).